The Morgan fingerprint density at radius 1 is 1.18 bits per heavy atom. The summed E-state index contributed by atoms with van der Waals surface area (Å²) < 4.78 is 56.3. The fourth-order valence-electron chi connectivity index (χ4n) is 3.39. The average molecular weight is 498 g/mol. The minimum Gasteiger partial charge on any atom is -0.476 e. The molecular formula is C22H25F2N3O4S2. The smallest absolute Gasteiger partial charge is 0.257 e. The van der Waals surface area contributed by atoms with Gasteiger partial charge in [0.1, 0.15) is 12.3 Å². The fourth-order valence-corrected chi connectivity index (χ4v) is 4.28. The summed E-state index contributed by atoms with van der Waals surface area (Å²) in [5.41, 5.74) is 0.589. The van der Waals surface area contributed by atoms with Crippen molar-refractivity contribution in [1.82, 2.24) is 9.97 Å². The van der Waals surface area contributed by atoms with Gasteiger partial charge in [0.2, 0.25) is 5.88 Å². The normalized spacial score (nSPS) is 21.1. The van der Waals surface area contributed by atoms with Gasteiger partial charge in [-0.15, -0.1) is 0 Å². The zero-order valence-electron chi connectivity index (χ0n) is 18.2. The van der Waals surface area contributed by atoms with Crippen molar-refractivity contribution >= 4 is 38.9 Å². The van der Waals surface area contributed by atoms with Crippen molar-refractivity contribution in [2.75, 3.05) is 30.2 Å². The van der Waals surface area contributed by atoms with Crippen molar-refractivity contribution in [1.29, 1.82) is 0 Å². The molecule has 33 heavy (non-hydrogen) atoms. The molecule has 1 fully saturated rings. The summed E-state index contributed by atoms with van der Waals surface area (Å²) in [7, 11) is -3.41. The van der Waals surface area contributed by atoms with Crippen molar-refractivity contribution in [3.8, 4) is 5.88 Å². The van der Waals surface area contributed by atoms with Crippen LogP contribution in [-0.4, -0.2) is 61.5 Å². The van der Waals surface area contributed by atoms with Crippen LogP contribution in [0.15, 0.2) is 47.6 Å². The molecule has 7 nitrogen and oxygen atoms in total. The van der Waals surface area contributed by atoms with E-state index >= 15 is 0 Å². The average Bonchev–Trinajstić information content (AvgIpc) is 3.10. The molecule has 11 heteroatoms. The number of rotatable bonds is 9. The summed E-state index contributed by atoms with van der Waals surface area (Å²) in [6.07, 6.45) is 4.10. The summed E-state index contributed by atoms with van der Waals surface area (Å²) in [4.78, 5) is 21.4. The maximum Gasteiger partial charge on any atom is 0.257 e. The summed E-state index contributed by atoms with van der Waals surface area (Å²) in [5.74, 6) is 0.276. The number of nitrogens with one attached hydrogen (secondary N) is 1. The number of sulfone groups is 1. The fraction of sp³-hybridized carbons (Fsp3) is 0.409. The predicted molar refractivity (Wildman–Crippen MR) is 125 cm³/mol. The van der Waals surface area contributed by atoms with Gasteiger partial charge >= 0.3 is 0 Å². The van der Waals surface area contributed by atoms with Crippen molar-refractivity contribution in [3.05, 3.63) is 48.3 Å². The number of alkyl halides is 2. The molecule has 1 aliphatic carbocycles. The molecule has 2 aromatic rings. The summed E-state index contributed by atoms with van der Waals surface area (Å²) >= 11 is 1.63. The lowest BCUT2D eigenvalue weighted by molar-refractivity contribution is -0.111. The highest BCUT2D eigenvalue weighted by atomic mass is 32.2. The Morgan fingerprint density at radius 3 is 2.39 bits per heavy atom. The van der Waals surface area contributed by atoms with E-state index < -0.39 is 34.0 Å². The third-order valence-corrected chi connectivity index (χ3v) is 6.80. The van der Waals surface area contributed by atoms with Crippen LogP contribution in [0.1, 0.15) is 18.4 Å². The van der Waals surface area contributed by atoms with Crippen molar-refractivity contribution in [2.45, 2.75) is 30.1 Å². The van der Waals surface area contributed by atoms with Crippen LogP contribution in [0.25, 0.3) is 5.57 Å². The lowest BCUT2D eigenvalue weighted by Crippen LogP contribution is -2.16. The van der Waals surface area contributed by atoms with E-state index in [-0.39, 0.29) is 29.1 Å². The maximum atomic E-state index is 13.7. The minimum atomic E-state index is -3.41. The van der Waals surface area contributed by atoms with E-state index in [1.807, 2.05) is 6.26 Å². The molecule has 1 amide bonds. The molecule has 3 rings (SSSR count). The van der Waals surface area contributed by atoms with Crippen LogP contribution in [0.3, 0.4) is 0 Å². The number of anilines is 1. The Hall–Kier alpha value is -2.53. The van der Waals surface area contributed by atoms with Crippen LogP contribution in [-0.2, 0) is 14.6 Å². The number of thioether (sulfide) groups is 1. The van der Waals surface area contributed by atoms with Gasteiger partial charge in [-0.1, -0.05) is 18.2 Å². The topological polar surface area (TPSA) is 98.2 Å². The highest BCUT2D eigenvalue weighted by molar-refractivity contribution is 7.98. The van der Waals surface area contributed by atoms with Crippen LogP contribution in [0.4, 0.5) is 14.6 Å². The number of hydrogen-bond donors (Lipinski definition) is 1. The van der Waals surface area contributed by atoms with Gasteiger partial charge in [0, 0.05) is 17.6 Å². The lowest BCUT2D eigenvalue weighted by Gasteiger charge is -2.12. The quantitative estimate of drug-likeness (QED) is 0.416. The molecule has 1 aliphatic rings. The number of carbonyl (C=O) groups excluding carboxylic acids is 1. The Balaban J connectivity index is 1.82. The van der Waals surface area contributed by atoms with Gasteiger partial charge in [0.25, 0.3) is 5.91 Å². The standard InChI is InChI=1S/C22H25F2N3O4S2/c1-32-8-7-31-21-13-25-20(12-26-21)27-22(28)17(9-14-10-18(23)19(24)11-14)15-3-5-16(6-4-15)33(2,29)30/h3-6,9,12-14,18-19H,7-8,10-11H2,1-2H3,(H,25,27,28)/b17-9+. The maximum absolute atomic E-state index is 13.7. The van der Waals surface area contributed by atoms with Gasteiger partial charge in [-0.3, -0.25) is 4.79 Å². The van der Waals surface area contributed by atoms with Gasteiger partial charge in [-0.05, 0) is 42.7 Å². The second kappa shape index (κ2) is 11.1. The number of amides is 1. The van der Waals surface area contributed by atoms with Crippen LogP contribution in [0.5, 0.6) is 5.88 Å². The van der Waals surface area contributed by atoms with E-state index in [1.54, 1.807) is 11.8 Å². The van der Waals surface area contributed by atoms with Crippen molar-refractivity contribution in [3.63, 3.8) is 0 Å². The zero-order valence-corrected chi connectivity index (χ0v) is 19.8. The molecule has 0 radical (unpaired) electrons. The van der Waals surface area contributed by atoms with Crippen LogP contribution < -0.4 is 10.1 Å². The third-order valence-electron chi connectivity index (χ3n) is 5.10. The first-order valence-corrected chi connectivity index (χ1v) is 13.5. The van der Waals surface area contributed by atoms with Gasteiger partial charge < -0.3 is 10.1 Å². The molecule has 1 aromatic heterocycles. The Bertz CT molecular complexity index is 1080. The number of hydrogen-bond acceptors (Lipinski definition) is 7. The van der Waals surface area contributed by atoms with E-state index in [0.717, 1.165) is 12.0 Å². The molecule has 0 aliphatic heterocycles. The molecule has 1 heterocycles. The molecule has 0 saturated heterocycles. The molecule has 1 N–H and O–H groups in total. The van der Waals surface area contributed by atoms with E-state index in [0.29, 0.717) is 18.1 Å². The van der Waals surface area contributed by atoms with Crippen LogP contribution in [0, 0.1) is 5.92 Å². The molecule has 2 atom stereocenters. The van der Waals surface area contributed by atoms with Gasteiger partial charge in [-0.25, -0.2) is 27.2 Å². The Labute approximate surface area is 196 Å². The van der Waals surface area contributed by atoms with E-state index in [2.05, 4.69) is 15.3 Å². The number of aromatic nitrogens is 2. The lowest BCUT2D eigenvalue weighted by atomic mass is 9.98. The molecular weight excluding hydrogens is 472 g/mol. The number of benzene rings is 1. The highest BCUT2D eigenvalue weighted by Gasteiger charge is 2.34. The van der Waals surface area contributed by atoms with E-state index in [1.165, 1.54) is 42.7 Å². The number of nitrogens with zero attached hydrogens (tertiary/aromatic N) is 2. The highest BCUT2D eigenvalue weighted by Crippen LogP contribution is 2.34. The number of halogens is 2. The first kappa shape index (κ1) is 25.1. The van der Waals surface area contributed by atoms with Crippen LogP contribution in [0.2, 0.25) is 0 Å². The van der Waals surface area contributed by atoms with Crippen LogP contribution >= 0.6 is 11.8 Å². The second-order valence-corrected chi connectivity index (χ2v) is 10.7. The molecule has 1 aromatic carbocycles. The van der Waals surface area contributed by atoms with E-state index in [4.69, 9.17) is 4.74 Å². The largest absolute Gasteiger partial charge is 0.476 e. The van der Waals surface area contributed by atoms with Gasteiger partial charge in [0.15, 0.2) is 15.7 Å². The van der Waals surface area contributed by atoms with Gasteiger partial charge in [0.05, 0.1) is 23.9 Å². The number of ether oxygens (including phenoxy) is 1. The minimum absolute atomic E-state index is 0.0265. The Kier molecular flexibility index (Phi) is 8.41. The predicted octanol–water partition coefficient (Wildman–Crippen LogP) is 3.73. The zero-order chi connectivity index (χ0) is 24.0. The third kappa shape index (κ3) is 6.97. The molecule has 1 saturated carbocycles. The summed E-state index contributed by atoms with van der Waals surface area (Å²) in [5, 5.41) is 2.63. The molecule has 2 unspecified atom stereocenters. The second-order valence-electron chi connectivity index (χ2n) is 7.68. The molecule has 0 bridgehead atoms. The molecule has 0 spiro atoms. The monoisotopic (exact) mass is 497 g/mol. The number of allylic oxidation sites excluding steroid dienone is 1. The number of carbonyl (C=O) groups is 1. The summed E-state index contributed by atoms with van der Waals surface area (Å²) in [6, 6.07) is 5.75. The van der Waals surface area contributed by atoms with Gasteiger partial charge in [-0.2, -0.15) is 11.8 Å². The van der Waals surface area contributed by atoms with Crippen molar-refractivity contribution in [2.24, 2.45) is 5.92 Å². The molecule has 178 valence electrons. The first-order valence-electron chi connectivity index (χ1n) is 10.2. The van der Waals surface area contributed by atoms with Crippen molar-refractivity contribution < 1.29 is 26.7 Å². The Morgan fingerprint density at radius 2 is 1.85 bits per heavy atom. The SMILES string of the molecule is CSCCOc1cnc(NC(=O)/C(=C/C2CC(F)C(F)C2)c2ccc(S(C)(=O)=O)cc2)cn1. The first-order chi connectivity index (χ1) is 15.7. The van der Waals surface area contributed by atoms with E-state index in [9.17, 15) is 22.0 Å². The summed E-state index contributed by atoms with van der Waals surface area (Å²) in [6.45, 7) is 0.477.